The van der Waals surface area contributed by atoms with Gasteiger partial charge in [-0.25, -0.2) is 17.8 Å². The zero-order valence-corrected chi connectivity index (χ0v) is 19.1. The number of aromatic nitrogens is 2. The summed E-state index contributed by atoms with van der Waals surface area (Å²) in [6.45, 7) is 5.64. The number of ether oxygens (including phenoxy) is 1. The molecule has 9 nitrogen and oxygen atoms in total. The van der Waals surface area contributed by atoms with Crippen LogP contribution in [0.25, 0.3) is 11.0 Å². The number of hydrogen-bond acceptors (Lipinski definition) is 7. The van der Waals surface area contributed by atoms with Crippen LogP contribution < -0.4 is 4.74 Å². The molecule has 3 rings (SSSR count). The monoisotopic (exact) mass is 461 g/mol. The van der Waals surface area contributed by atoms with Gasteiger partial charge in [-0.2, -0.15) is 4.31 Å². The quantitative estimate of drug-likeness (QED) is 0.460. The van der Waals surface area contributed by atoms with E-state index >= 15 is 0 Å². The molecule has 32 heavy (non-hydrogen) atoms. The van der Waals surface area contributed by atoms with Gasteiger partial charge in [-0.15, -0.1) is 0 Å². The van der Waals surface area contributed by atoms with Crippen molar-refractivity contribution >= 4 is 27.0 Å². The van der Waals surface area contributed by atoms with E-state index in [4.69, 9.17) is 9.37 Å². The summed E-state index contributed by atoms with van der Waals surface area (Å²) in [5.41, 5.74) is 0.310. The highest BCUT2D eigenvalue weighted by Gasteiger charge is 2.29. The Balaban J connectivity index is 1.66. The Morgan fingerprint density at radius 2 is 1.84 bits per heavy atom. The van der Waals surface area contributed by atoms with Crippen molar-refractivity contribution in [3.63, 3.8) is 0 Å². The lowest BCUT2D eigenvalue weighted by atomic mass is 10.1. The van der Waals surface area contributed by atoms with Gasteiger partial charge in [0.15, 0.2) is 11.1 Å². The van der Waals surface area contributed by atoms with Gasteiger partial charge >= 0.3 is 5.97 Å². The lowest BCUT2D eigenvalue weighted by Gasteiger charge is -2.22. The number of fused-ring (bicyclic) bond motifs is 1. The number of rotatable bonds is 11. The Bertz CT molecular complexity index is 1170. The Morgan fingerprint density at radius 3 is 2.50 bits per heavy atom. The summed E-state index contributed by atoms with van der Waals surface area (Å²) in [6.07, 6.45) is 1.96. The minimum absolute atomic E-state index is 0.0900. The smallest absolute Gasteiger partial charge is 0.347 e. The maximum atomic E-state index is 13.3. The van der Waals surface area contributed by atoms with Crippen LogP contribution in [0.15, 0.2) is 52.0 Å². The highest BCUT2D eigenvalue weighted by Crippen LogP contribution is 2.24. The molecule has 0 unspecified atom stereocenters. The van der Waals surface area contributed by atoms with Crippen molar-refractivity contribution in [3.8, 4) is 5.75 Å². The van der Waals surface area contributed by atoms with Crippen LogP contribution in [0, 0.1) is 0 Å². The summed E-state index contributed by atoms with van der Waals surface area (Å²) in [5.74, 6) is -0.582. The SMILES string of the molecule is CCCN(CCCc1ccc(OC(C)(C)C(=O)O)cc1)S(=O)(=O)c1cccc2nonc12. The third-order valence-corrected chi connectivity index (χ3v) is 6.95. The molecule has 0 aliphatic carbocycles. The van der Waals surface area contributed by atoms with Crippen molar-refractivity contribution in [2.24, 2.45) is 0 Å². The highest BCUT2D eigenvalue weighted by atomic mass is 32.2. The van der Waals surface area contributed by atoms with Gasteiger partial charge in [-0.1, -0.05) is 25.1 Å². The van der Waals surface area contributed by atoms with Crippen molar-refractivity contribution in [1.29, 1.82) is 0 Å². The largest absolute Gasteiger partial charge is 0.478 e. The Hall–Kier alpha value is -2.98. The van der Waals surface area contributed by atoms with Gasteiger partial charge in [0.2, 0.25) is 10.0 Å². The molecule has 1 aromatic heterocycles. The van der Waals surface area contributed by atoms with E-state index in [1.807, 2.05) is 19.1 Å². The van der Waals surface area contributed by atoms with E-state index in [2.05, 4.69) is 10.3 Å². The van der Waals surface area contributed by atoms with E-state index in [0.717, 1.165) is 5.56 Å². The maximum absolute atomic E-state index is 13.3. The predicted octanol–water partition coefficient (Wildman–Crippen LogP) is 3.50. The Labute approximate surface area is 187 Å². The third kappa shape index (κ3) is 5.25. The molecule has 10 heteroatoms. The summed E-state index contributed by atoms with van der Waals surface area (Å²) < 4.78 is 38.2. The number of aliphatic carboxylic acids is 1. The van der Waals surface area contributed by atoms with Crippen LogP contribution in [-0.4, -0.2) is 52.8 Å². The average molecular weight is 462 g/mol. The van der Waals surface area contributed by atoms with Crippen LogP contribution in [0.5, 0.6) is 5.75 Å². The summed E-state index contributed by atoms with van der Waals surface area (Å²) >= 11 is 0. The molecular formula is C22H27N3O6S. The van der Waals surface area contributed by atoms with E-state index < -0.39 is 21.6 Å². The van der Waals surface area contributed by atoms with E-state index in [9.17, 15) is 18.3 Å². The van der Waals surface area contributed by atoms with Crippen molar-refractivity contribution < 1.29 is 27.7 Å². The van der Waals surface area contributed by atoms with Gasteiger partial charge in [-0.3, -0.25) is 0 Å². The molecule has 1 N–H and O–H groups in total. The highest BCUT2D eigenvalue weighted by molar-refractivity contribution is 7.89. The van der Waals surface area contributed by atoms with E-state index in [0.29, 0.717) is 43.6 Å². The lowest BCUT2D eigenvalue weighted by molar-refractivity contribution is -0.152. The molecule has 0 saturated heterocycles. The van der Waals surface area contributed by atoms with Crippen LogP contribution >= 0.6 is 0 Å². The third-order valence-electron chi connectivity index (χ3n) is 5.02. The molecule has 0 radical (unpaired) electrons. The minimum Gasteiger partial charge on any atom is -0.478 e. The molecule has 0 atom stereocenters. The zero-order chi connectivity index (χ0) is 23.4. The molecule has 0 saturated carbocycles. The van der Waals surface area contributed by atoms with Crippen LogP contribution in [-0.2, 0) is 21.2 Å². The van der Waals surface area contributed by atoms with Gasteiger partial charge < -0.3 is 9.84 Å². The number of carbonyl (C=O) groups is 1. The molecule has 172 valence electrons. The molecule has 0 aliphatic rings. The van der Waals surface area contributed by atoms with Crippen LogP contribution in [0.2, 0.25) is 0 Å². The second-order valence-electron chi connectivity index (χ2n) is 7.96. The Kier molecular flexibility index (Phi) is 7.15. The first-order valence-corrected chi connectivity index (χ1v) is 11.8. The van der Waals surface area contributed by atoms with Crippen molar-refractivity contribution in [2.75, 3.05) is 13.1 Å². The number of hydrogen-bond donors (Lipinski definition) is 1. The number of aryl methyl sites for hydroxylation is 1. The molecular weight excluding hydrogens is 434 g/mol. The number of sulfonamides is 1. The summed E-state index contributed by atoms with van der Waals surface area (Å²) in [6, 6.07) is 11.9. The first-order valence-electron chi connectivity index (χ1n) is 10.4. The second-order valence-corrected chi connectivity index (χ2v) is 9.86. The van der Waals surface area contributed by atoms with Crippen molar-refractivity contribution in [3.05, 3.63) is 48.0 Å². The Morgan fingerprint density at radius 1 is 1.12 bits per heavy atom. The summed E-state index contributed by atoms with van der Waals surface area (Å²) in [7, 11) is -3.75. The molecule has 3 aromatic rings. The predicted molar refractivity (Wildman–Crippen MR) is 118 cm³/mol. The number of carboxylic acid groups (broad SMARTS) is 1. The average Bonchev–Trinajstić information content (AvgIpc) is 3.22. The normalized spacial score (nSPS) is 12.4. The first-order chi connectivity index (χ1) is 15.1. The van der Waals surface area contributed by atoms with Crippen molar-refractivity contribution in [2.45, 2.75) is 50.5 Å². The van der Waals surface area contributed by atoms with Crippen molar-refractivity contribution in [1.82, 2.24) is 14.6 Å². The second kappa shape index (κ2) is 9.66. The molecule has 0 spiro atoms. The van der Waals surface area contributed by atoms with Crippen LogP contribution in [0.1, 0.15) is 39.2 Å². The minimum atomic E-state index is -3.75. The number of nitrogens with zero attached hydrogens (tertiary/aromatic N) is 3. The fourth-order valence-electron chi connectivity index (χ4n) is 3.25. The first kappa shape index (κ1) is 23.7. The van der Waals surface area contributed by atoms with Gasteiger partial charge in [0, 0.05) is 13.1 Å². The lowest BCUT2D eigenvalue weighted by Crippen LogP contribution is -2.37. The van der Waals surface area contributed by atoms with E-state index in [-0.39, 0.29) is 10.4 Å². The fourth-order valence-corrected chi connectivity index (χ4v) is 4.96. The number of carboxylic acids is 1. The van der Waals surface area contributed by atoms with Gasteiger partial charge in [-0.05, 0) is 73.3 Å². The molecule has 0 bridgehead atoms. The standard InChI is InChI=1S/C22H27N3O6S/c1-4-14-25(32(28,29)19-9-5-8-18-20(19)24-31-23-18)15-6-7-16-10-12-17(13-11-16)30-22(2,3)21(26)27/h5,8-13H,4,6-7,14-15H2,1-3H3,(H,26,27). The molecule has 1 heterocycles. The molecule has 2 aromatic carbocycles. The summed E-state index contributed by atoms with van der Waals surface area (Å²) in [4.78, 5) is 11.3. The van der Waals surface area contributed by atoms with E-state index in [1.165, 1.54) is 24.2 Å². The number of benzene rings is 2. The fraction of sp³-hybridized carbons (Fsp3) is 0.409. The molecule has 0 amide bonds. The van der Waals surface area contributed by atoms with E-state index in [1.54, 1.807) is 24.3 Å². The van der Waals surface area contributed by atoms with Gasteiger partial charge in [0.25, 0.3) is 0 Å². The summed E-state index contributed by atoms with van der Waals surface area (Å²) in [5, 5.41) is 16.7. The molecule has 0 fully saturated rings. The zero-order valence-electron chi connectivity index (χ0n) is 18.3. The maximum Gasteiger partial charge on any atom is 0.347 e. The van der Waals surface area contributed by atoms with Crippen LogP contribution in [0.3, 0.4) is 0 Å². The van der Waals surface area contributed by atoms with Crippen LogP contribution in [0.4, 0.5) is 0 Å². The van der Waals surface area contributed by atoms with Gasteiger partial charge in [0.1, 0.15) is 16.2 Å². The van der Waals surface area contributed by atoms with Gasteiger partial charge in [0.05, 0.1) is 0 Å². The molecule has 0 aliphatic heterocycles. The topological polar surface area (TPSA) is 123 Å².